The first-order chi connectivity index (χ1) is 14.4. The van der Waals surface area contributed by atoms with E-state index in [0.29, 0.717) is 34.8 Å². The molecule has 0 saturated carbocycles. The molecule has 1 heterocycles. The van der Waals surface area contributed by atoms with Crippen LogP contribution in [0.15, 0.2) is 23.9 Å². The molecular weight excluding hydrogens is 388 g/mol. The summed E-state index contributed by atoms with van der Waals surface area (Å²) in [5.41, 5.74) is 0.387. The summed E-state index contributed by atoms with van der Waals surface area (Å²) >= 11 is 0. The third kappa shape index (κ3) is 4.87. The lowest BCUT2D eigenvalue weighted by Gasteiger charge is -2.15. The predicted octanol–water partition coefficient (Wildman–Crippen LogP) is 3.74. The molecule has 1 aliphatic rings. The van der Waals surface area contributed by atoms with Crippen LogP contribution < -0.4 is 9.47 Å². The van der Waals surface area contributed by atoms with E-state index in [1.807, 2.05) is 13.8 Å². The zero-order chi connectivity index (χ0) is 22.3. The summed E-state index contributed by atoms with van der Waals surface area (Å²) in [4.78, 5) is 52.4. The molecule has 8 heteroatoms. The summed E-state index contributed by atoms with van der Waals surface area (Å²) in [6.45, 7) is 3.83. The average Bonchev–Trinajstić information content (AvgIpc) is 2.99. The van der Waals surface area contributed by atoms with Gasteiger partial charge in [0, 0.05) is 12.8 Å². The van der Waals surface area contributed by atoms with Gasteiger partial charge in [-0.1, -0.05) is 32.8 Å². The molecule has 0 radical (unpaired) electrons. The van der Waals surface area contributed by atoms with Crippen LogP contribution in [0.5, 0.6) is 11.5 Å². The Bertz CT molecular complexity index is 861. The summed E-state index contributed by atoms with van der Waals surface area (Å²) in [7, 11) is 2.98. The van der Waals surface area contributed by atoms with Gasteiger partial charge in [0.25, 0.3) is 5.91 Å². The molecule has 1 aromatic rings. The average molecular weight is 416 g/mol. The van der Waals surface area contributed by atoms with Crippen LogP contribution in [0.4, 0.5) is 4.79 Å². The van der Waals surface area contributed by atoms with Crippen molar-refractivity contribution < 1.29 is 28.7 Å². The Morgan fingerprint density at radius 3 is 2.00 bits per heavy atom. The number of methoxy groups -OCH3 is 2. The van der Waals surface area contributed by atoms with E-state index in [-0.39, 0.29) is 18.5 Å². The molecule has 0 aromatic heterocycles. The molecule has 8 nitrogen and oxygen atoms in total. The zero-order valence-corrected chi connectivity index (χ0v) is 17.9. The quantitative estimate of drug-likeness (QED) is 0.450. The maximum atomic E-state index is 13.0. The number of hydrogen-bond acceptors (Lipinski definition) is 6. The first-order valence-electron chi connectivity index (χ1n) is 10.1. The zero-order valence-electron chi connectivity index (χ0n) is 17.9. The monoisotopic (exact) mass is 416 g/mol. The molecule has 1 saturated heterocycles. The minimum Gasteiger partial charge on any atom is -0.493 e. The Hall–Kier alpha value is -3.16. The van der Waals surface area contributed by atoms with Crippen LogP contribution in [0.3, 0.4) is 0 Å². The van der Waals surface area contributed by atoms with Crippen LogP contribution in [-0.2, 0) is 14.4 Å². The van der Waals surface area contributed by atoms with E-state index in [0.717, 1.165) is 17.7 Å². The van der Waals surface area contributed by atoms with Crippen molar-refractivity contribution in [2.45, 2.75) is 52.4 Å². The van der Waals surface area contributed by atoms with Crippen LogP contribution >= 0.6 is 0 Å². The molecule has 1 aliphatic heterocycles. The van der Waals surface area contributed by atoms with Crippen LogP contribution in [-0.4, -0.2) is 47.8 Å². The Labute approximate surface area is 176 Å². The Morgan fingerprint density at radius 2 is 1.47 bits per heavy atom. The lowest BCUT2D eigenvalue weighted by atomic mass is 10.1. The second-order valence-corrected chi connectivity index (χ2v) is 6.90. The fourth-order valence-corrected chi connectivity index (χ4v) is 3.07. The van der Waals surface area contributed by atoms with Gasteiger partial charge in [-0.15, -0.1) is 0 Å². The van der Waals surface area contributed by atoms with Crippen molar-refractivity contribution in [1.29, 1.82) is 0 Å². The number of hydrogen-bond donors (Lipinski definition) is 0. The van der Waals surface area contributed by atoms with Crippen molar-refractivity contribution in [2.75, 3.05) is 14.2 Å². The molecule has 0 bridgehead atoms. The predicted molar refractivity (Wildman–Crippen MR) is 111 cm³/mol. The number of carbonyl (C=O) groups excluding carboxylic acids is 4. The second kappa shape index (κ2) is 10.6. The van der Waals surface area contributed by atoms with E-state index < -0.39 is 23.8 Å². The van der Waals surface area contributed by atoms with Gasteiger partial charge >= 0.3 is 6.03 Å². The van der Waals surface area contributed by atoms with E-state index in [9.17, 15) is 19.2 Å². The fraction of sp³-hybridized carbons (Fsp3) is 0.455. The lowest BCUT2D eigenvalue weighted by Crippen LogP contribution is -2.39. The Kier molecular flexibility index (Phi) is 8.15. The number of benzene rings is 1. The third-order valence-corrected chi connectivity index (χ3v) is 4.74. The molecule has 0 N–H and O–H groups in total. The number of rotatable bonds is 9. The van der Waals surface area contributed by atoms with Crippen molar-refractivity contribution in [3.8, 4) is 11.5 Å². The summed E-state index contributed by atoms with van der Waals surface area (Å²) in [5, 5.41) is 0. The highest BCUT2D eigenvalue weighted by Gasteiger charge is 2.47. The summed E-state index contributed by atoms with van der Waals surface area (Å²) in [6, 6.07) is 4.04. The van der Waals surface area contributed by atoms with Gasteiger partial charge in [-0.2, -0.15) is 4.90 Å². The van der Waals surface area contributed by atoms with Crippen molar-refractivity contribution in [1.82, 2.24) is 9.80 Å². The molecule has 2 rings (SSSR count). The smallest absolute Gasteiger partial charge is 0.345 e. The van der Waals surface area contributed by atoms with Crippen molar-refractivity contribution in [2.24, 2.45) is 0 Å². The summed E-state index contributed by atoms with van der Waals surface area (Å²) in [5.74, 6) is -0.964. The Balaban J connectivity index is 2.47. The van der Waals surface area contributed by atoms with E-state index >= 15 is 0 Å². The van der Waals surface area contributed by atoms with Gasteiger partial charge in [-0.25, -0.2) is 9.69 Å². The molecule has 0 spiro atoms. The van der Waals surface area contributed by atoms with Crippen LogP contribution in [0.2, 0.25) is 0 Å². The Morgan fingerprint density at radius 1 is 0.900 bits per heavy atom. The van der Waals surface area contributed by atoms with Crippen LogP contribution in [0, 0.1) is 0 Å². The molecule has 0 unspecified atom stereocenters. The van der Waals surface area contributed by atoms with Gasteiger partial charge in [-0.3, -0.25) is 14.4 Å². The third-order valence-electron chi connectivity index (χ3n) is 4.74. The van der Waals surface area contributed by atoms with E-state index in [2.05, 4.69) is 0 Å². The van der Waals surface area contributed by atoms with Gasteiger partial charge in [0.1, 0.15) is 5.70 Å². The number of amides is 5. The van der Waals surface area contributed by atoms with Crippen molar-refractivity contribution in [3.63, 3.8) is 0 Å². The SMILES string of the molecule is CCCCC(=O)N1C(=O)/C(=C/c2ccc(OC)c(OC)c2)N(C(=O)CCCC)C1=O. The minimum absolute atomic E-state index is 0.0641. The van der Waals surface area contributed by atoms with Gasteiger partial charge in [0.05, 0.1) is 14.2 Å². The second-order valence-electron chi connectivity index (χ2n) is 6.90. The highest BCUT2D eigenvalue weighted by Crippen LogP contribution is 2.31. The number of ether oxygens (including phenoxy) is 2. The largest absolute Gasteiger partial charge is 0.493 e. The van der Waals surface area contributed by atoms with Gasteiger partial charge in [0.15, 0.2) is 11.5 Å². The number of unbranched alkanes of at least 4 members (excludes halogenated alkanes) is 2. The minimum atomic E-state index is -0.908. The fourth-order valence-electron chi connectivity index (χ4n) is 3.07. The molecule has 1 fully saturated rings. The highest BCUT2D eigenvalue weighted by molar-refractivity contribution is 6.27. The number of carbonyl (C=O) groups is 4. The molecular formula is C22H28N2O6. The normalized spacial score (nSPS) is 15.1. The number of nitrogens with zero attached hydrogens (tertiary/aromatic N) is 2. The summed E-state index contributed by atoms with van der Waals surface area (Å²) in [6.07, 6.45) is 4.22. The molecule has 0 aliphatic carbocycles. The standard InChI is InChI=1S/C22H28N2O6/c1-5-7-9-19(25)23-16(13-15-11-12-17(29-3)18(14-15)30-4)21(27)24(22(23)28)20(26)10-8-6-2/h11-14H,5-10H2,1-4H3/b16-13-. The maximum absolute atomic E-state index is 13.0. The molecule has 0 atom stereocenters. The number of imide groups is 4. The van der Waals surface area contributed by atoms with Crippen LogP contribution in [0.1, 0.15) is 57.9 Å². The summed E-state index contributed by atoms with van der Waals surface area (Å²) < 4.78 is 10.5. The topological polar surface area (TPSA) is 93.2 Å². The van der Waals surface area contributed by atoms with E-state index in [4.69, 9.17) is 9.47 Å². The van der Waals surface area contributed by atoms with E-state index in [1.54, 1.807) is 18.2 Å². The molecule has 1 aromatic carbocycles. The molecule has 162 valence electrons. The molecule has 30 heavy (non-hydrogen) atoms. The lowest BCUT2D eigenvalue weighted by molar-refractivity contribution is -0.137. The van der Waals surface area contributed by atoms with Crippen molar-refractivity contribution >= 4 is 29.8 Å². The van der Waals surface area contributed by atoms with Crippen LogP contribution in [0.25, 0.3) is 6.08 Å². The van der Waals surface area contributed by atoms with Crippen molar-refractivity contribution in [3.05, 3.63) is 29.5 Å². The first-order valence-corrected chi connectivity index (χ1v) is 10.1. The molecule has 5 amide bonds. The van der Waals surface area contributed by atoms with E-state index in [1.165, 1.54) is 20.3 Å². The first kappa shape index (κ1) is 23.1. The van der Waals surface area contributed by atoms with Gasteiger partial charge in [0.2, 0.25) is 11.8 Å². The van der Waals surface area contributed by atoms with Gasteiger partial charge < -0.3 is 9.47 Å². The van der Waals surface area contributed by atoms with Gasteiger partial charge in [-0.05, 0) is 36.6 Å². The highest BCUT2D eigenvalue weighted by atomic mass is 16.5. The number of urea groups is 1. The maximum Gasteiger partial charge on any atom is 0.345 e.